The summed E-state index contributed by atoms with van der Waals surface area (Å²) in [6.07, 6.45) is -0.142. The smallest absolute Gasteiger partial charge is 0.312 e. The lowest BCUT2D eigenvalue weighted by Crippen LogP contribution is -2.56. The minimum atomic E-state index is -0.477. The molecule has 25 heavy (non-hydrogen) atoms. The number of hydrogen-bond donors (Lipinski definition) is 0. The summed E-state index contributed by atoms with van der Waals surface area (Å²) in [4.78, 5) is 30.1. The predicted molar refractivity (Wildman–Crippen MR) is 91.8 cm³/mol. The summed E-state index contributed by atoms with van der Waals surface area (Å²) in [5.41, 5.74) is 0.539. The maximum Gasteiger partial charge on any atom is 0.312 e. The monoisotopic (exact) mass is 349 g/mol. The molecular formula is C18H24FN3O3. The molecule has 0 radical (unpaired) electrons. The lowest BCUT2D eigenvalue weighted by Gasteiger charge is -2.38. The molecule has 2 heterocycles. The lowest BCUT2D eigenvalue weighted by molar-refractivity contribution is -0.158. The molecule has 0 saturated carbocycles. The number of hydrogen-bond acceptors (Lipinski definition) is 4. The number of para-hydroxylation sites is 1. The normalized spacial score (nSPS) is 24.4. The van der Waals surface area contributed by atoms with E-state index >= 15 is 0 Å². The van der Waals surface area contributed by atoms with Crippen molar-refractivity contribution in [2.24, 2.45) is 0 Å². The summed E-state index contributed by atoms with van der Waals surface area (Å²) in [6, 6.07) is 6.60. The number of amides is 2. The standard InChI is InChI=1S/C18H24FN3O3/c1-13-11-22(12-14(2)25-13)18(24)17(23)21-9-7-20(8-10-21)16-6-4-3-5-15(16)19/h3-6,13-14H,7-12H2,1-2H3. The molecule has 2 fully saturated rings. The van der Waals surface area contributed by atoms with Crippen LogP contribution in [0.1, 0.15) is 13.8 Å². The van der Waals surface area contributed by atoms with Crippen molar-refractivity contribution < 1.29 is 18.7 Å². The molecule has 1 aromatic carbocycles. The Morgan fingerprint density at radius 2 is 1.52 bits per heavy atom. The minimum Gasteiger partial charge on any atom is -0.372 e. The van der Waals surface area contributed by atoms with E-state index in [9.17, 15) is 14.0 Å². The fraction of sp³-hybridized carbons (Fsp3) is 0.556. The van der Waals surface area contributed by atoms with Crippen molar-refractivity contribution in [2.45, 2.75) is 26.1 Å². The van der Waals surface area contributed by atoms with Gasteiger partial charge in [-0.15, -0.1) is 0 Å². The van der Waals surface area contributed by atoms with Crippen LogP contribution in [0.3, 0.4) is 0 Å². The molecule has 2 unspecified atom stereocenters. The number of carbonyl (C=O) groups is 2. The Labute approximate surface area is 147 Å². The number of anilines is 1. The number of halogens is 1. The predicted octanol–water partition coefficient (Wildman–Crippen LogP) is 1.11. The second kappa shape index (κ2) is 7.39. The molecule has 1 aromatic rings. The van der Waals surface area contributed by atoms with Gasteiger partial charge in [0.15, 0.2) is 0 Å². The Bertz CT molecular complexity index is 636. The van der Waals surface area contributed by atoms with Crippen LogP contribution in [0.2, 0.25) is 0 Å². The Hall–Kier alpha value is -2.15. The van der Waals surface area contributed by atoms with Gasteiger partial charge >= 0.3 is 11.8 Å². The highest BCUT2D eigenvalue weighted by Gasteiger charge is 2.33. The maximum atomic E-state index is 13.9. The van der Waals surface area contributed by atoms with Crippen LogP contribution in [0.25, 0.3) is 0 Å². The minimum absolute atomic E-state index is 0.0709. The summed E-state index contributed by atoms with van der Waals surface area (Å²) in [5.74, 6) is -1.22. The van der Waals surface area contributed by atoms with Gasteiger partial charge in [0.2, 0.25) is 0 Å². The number of rotatable bonds is 1. The zero-order valence-corrected chi connectivity index (χ0v) is 14.7. The summed E-state index contributed by atoms with van der Waals surface area (Å²) in [5, 5.41) is 0. The van der Waals surface area contributed by atoms with E-state index in [1.54, 1.807) is 28.0 Å². The van der Waals surface area contributed by atoms with Gasteiger partial charge in [-0.1, -0.05) is 12.1 Å². The molecule has 2 aliphatic heterocycles. The van der Waals surface area contributed by atoms with Crippen molar-refractivity contribution in [2.75, 3.05) is 44.2 Å². The quantitative estimate of drug-likeness (QED) is 0.713. The highest BCUT2D eigenvalue weighted by Crippen LogP contribution is 2.20. The molecule has 0 aliphatic carbocycles. The van der Waals surface area contributed by atoms with Gasteiger partial charge in [-0.25, -0.2) is 4.39 Å². The second-order valence-electron chi connectivity index (χ2n) is 6.70. The Morgan fingerprint density at radius 1 is 0.960 bits per heavy atom. The van der Waals surface area contributed by atoms with E-state index in [2.05, 4.69) is 0 Å². The van der Waals surface area contributed by atoms with Crippen molar-refractivity contribution in [1.82, 2.24) is 9.80 Å². The number of nitrogens with zero attached hydrogens (tertiary/aromatic N) is 3. The SMILES string of the molecule is CC1CN(C(=O)C(=O)N2CCN(c3ccccc3F)CC2)CC(C)O1. The molecule has 2 aliphatic rings. The van der Waals surface area contributed by atoms with Gasteiger partial charge in [0.25, 0.3) is 0 Å². The van der Waals surface area contributed by atoms with Crippen LogP contribution < -0.4 is 4.90 Å². The fourth-order valence-electron chi connectivity index (χ4n) is 3.47. The van der Waals surface area contributed by atoms with Crippen molar-refractivity contribution in [1.29, 1.82) is 0 Å². The number of piperazine rings is 1. The molecule has 0 N–H and O–H groups in total. The number of ether oxygens (including phenoxy) is 1. The summed E-state index contributed by atoms with van der Waals surface area (Å²) in [7, 11) is 0. The van der Waals surface area contributed by atoms with Crippen LogP contribution >= 0.6 is 0 Å². The van der Waals surface area contributed by atoms with Gasteiger partial charge in [0.05, 0.1) is 17.9 Å². The molecule has 2 saturated heterocycles. The van der Waals surface area contributed by atoms with Crippen LogP contribution in [0.4, 0.5) is 10.1 Å². The molecule has 3 rings (SSSR count). The zero-order chi connectivity index (χ0) is 18.0. The van der Waals surface area contributed by atoms with Crippen molar-refractivity contribution >= 4 is 17.5 Å². The molecule has 136 valence electrons. The Morgan fingerprint density at radius 3 is 2.12 bits per heavy atom. The van der Waals surface area contributed by atoms with Gasteiger partial charge in [-0.05, 0) is 26.0 Å². The van der Waals surface area contributed by atoms with Crippen molar-refractivity contribution in [3.05, 3.63) is 30.1 Å². The van der Waals surface area contributed by atoms with Crippen LogP contribution in [-0.4, -0.2) is 73.1 Å². The van der Waals surface area contributed by atoms with Gasteiger partial charge in [0.1, 0.15) is 5.82 Å². The summed E-state index contributed by atoms with van der Waals surface area (Å²) in [6.45, 7) is 6.50. The third-order valence-corrected chi connectivity index (χ3v) is 4.65. The van der Waals surface area contributed by atoms with Crippen LogP contribution in [0.15, 0.2) is 24.3 Å². The van der Waals surface area contributed by atoms with Gasteiger partial charge < -0.3 is 19.4 Å². The average Bonchev–Trinajstić information content (AvgIpc) is 2.60. The van der Waals surface area contributed by atoms with E-state index in [0.29, 0.717) is 45.0 Å². The Kier molecular flexibility index (Phi) is 5.22. The third kappa shape index (κ3) is 3.92. The van der Waals surface area contributed by atoms with Crippen LogP contribution in [0.5, 0.6) is 0 Å². The zero-order valence-electron chi connectivity index (χ0n) is 14.7. The first-order valence-corrected chi connectivity index (χ1v) is 8.69. The van der Waals surface area contributed by atoms with E-state index in [4.69, 9.17) is 4.74 Å². The molecule has 0 spiro atoms. The lowest BCUT2D eigenvalue weighted by atomic mass is 10.2. The molecule has 6 nitrogen and oxygen atoms in total. The highest BCUT2D eigenvalue weighted by molar-refractivity contribution is 6.35. The Balaban J connectivity index is 1.58. The summed E-state index contributed by atoms with van der Waals surface area (Å²) < 4.78 is 19.5. The topological polar surface area (TPSA) is 53.1 Å². The first kappa shape index (κ1) is 17.7. The molecule has 0 aromatic heterocycles. The van der Waals surface area contributed by atoms with E-state index < -0.39 is 11.8 Å². The first-order valence-electron chi connectivity index (χ1n) is 8.69. The third-order valence-electron chi connectivity index (χ3n) is 4.65. The van der Waals surface area contributed by atoms with Crippen molar-refractivity contribution in [3.8, 4) is 0 Å². The fourth-order valence-corrected chi connectivity index (χ4v) is 3.47. The van der Waals surface area contributed by atoms with Gasteiger partial charge in [-0.2, -0.15) is 0 Å². The molecular weight excluding hydrogens is 325 g/mol. The molecule has 2 amide bonds. The number of carbonyl (C=O) groups excluding carboxylic acids is 2. The molecule has 7 heteroatoms. The largest absolute Gasteiger partial charge is 0.372 e. The van der Waals surface area contributed by atoms with Gasteiger partial charge in [-0.3, -0.25) is 9.59 Å². The number of morpholine rings is 1. The maximum absolute atomic E-state index is 13.9. The molecule has 2 atom stereocenters. The number of benzene rings is 1. The first-order chi connectivity index (χ1) is 12.0. The van der Waals surface area contributed by atoms with E-state index in [0.717, 1.165) is 0 Å². The van der Waals surface area contributed by atoms with Crippen LogP contribution in [0, 0.1) is 5.82 Å². The van der Waals surface area contributed by atoms with E-state index in [1.807, 2.05) is 18.7 Å². The highest BCUT2D eigenvalue weighted by atomic mass is 19.1. The average molecular weight is 349 g/mol. The van der Waals surface area contributed by atoms with Gasteiger partial charge in [0, 0.05) is 39.3 Å². The van der Waals surface area contributed by atoms with E-state index in [-0.39, 0.29) is 18.0 Å². The molecule has 0 bridgehead atoms. The summed E-state index contributed by atoms with van der Waals surface area (Å²) >= 11 is 0. The second-order valence-corrected chi connectivity index (χ2v) is 6.70. The van der Waals surface area contributed by atoms with Crippen LogP contribution in [-0.2, 0) is 14.3 Å². The van der Waals surface area contributed by atoms with E-state index in [1.165, 1.54) is 6.07 Å². The van der Waals surface area contributed by atoms with Crippen molar-refractivity contribution in [3.63, 3.8) is 0 Å².